The molecule has 0 spiro atoms. The van der Waals surface area contributed by atoms with Crippen molar-refractivity contribution in [2.75, 3.05) is 13.2 Å². The Bertz CT molecular complexity index is 550. The number of ether oxygens (including phenoxy) is 2. The van der Waals surface area contributed by atoms with E-state index in [1.54, 1.807) is 32.1 Å². The fraction of sp³-hybridized carbons (Fsp3) is 0.474. The van der Waals surface area contributed by atoms with Crippen LogP contribution in [0.25, 0.3) is 0 Å². The van der Waals surface area contributed by atoms with Gasteiger partial charge in [-0.1, -0.05) is 50.3 Å². The molecule has 0 heterocycles. The lowest BCUT2D eigenvalue weighted by molar-refractivity contribution is -0.163. The van der Waals surface area contributed by atoms with Crippen molar-refractivity contribution < 1.29 is 24.2 Å². The van der Waals surface area contributed by atoms with E-state index in [2.05, 4.69) is 6.58 Å². The molecule has 2 atom stereocenters. The van der Waals surface area contributed by atoms with Gasteiger partial charge in [0.2, 0.25) is 0 Å². The SMILES string of the molecule is C=CCC(C(=O)OCC(C)(C)CO)C(OC(C)=O)c1ccccc1. The third-order valence-corrected chi connectivity index (χ3v) is 3.54. The van der Waals surface area contributed by atoms with Gasteiger partial charge in [-0.2, -0.15) is 0 Å². The Kier molecular flexibility index (Phi) is 7.65. The molecule has 1 N–H and O–H groups in total. The Labute approximate surface area is 143 Å². The second-order valence-corrected chi connectivity index (χ2v) is 6.50. The first-order chi connectivity index (χ1) is 11.3. The molecule has 0 aromatic heterocycles. The molecule has 0 amide bonds. The summed E-state index contributed by atoms with van der Waals surface area (Å²) in [5.41, 5.74) is 0.191. The summed E-state index contributed by atoms with van der Waals surface area (Å²) < 4.78 is 10.8. The van der Waals surface area contributed by atoms with E-state index in [-0.39, 0.29) is 13.2 Å². The van der Waals surface area contributed by atoms with Gasteiger partial charge in [-0.15, -0.1) is 6.58 Å². The number of carbonyl (C=O) groups is 2. The first-order valence-corrected chi connectivity index (χ1v) is 7.91. The van der Waals surface area contributed by atoms with Crippen molar-refractivity contribution in [2.24, 2.45) is 11.3 Å². The average Bonchev–Trinajstić information content (AvgIpc) is 2.56. The number of rotatable bonds is 9. The van der Waals surface area contributed by atoms with Crippen LogP contribution in [0.2, 0.25) is 0 Å². The highest BCUT2D eigenvalue weighted by atomic mass is 16.6. The highest BCUT2D eigenvalue weighted by Crippen LogP contribution is 2.31. The molecule has 0 aliphatic heterocycles. The highest BCUT2D eigenvalue weighted by Gasteiger charge is 2.33. The summed E-state index contributed by atoms with van der Waals surface area (Å²) in [6.07, 6.45) is 1.17. The van der Waals surface area contributed by atoms with Gasteiger partial charge in [0.1, 0.15) is 12.0 Å². The van der Waals surface area contributed by atoms with E-state index >= 15 is 0 Å². The Morgan fingerprint density at radius 1 is 1.29 bits per heavy atom. The predicted octanol–water partition coefficient (Wildman–Crippen LogP) is 3.04. The zero-order valence-electron chi connectivity index (χ0n) is 14.5. The largest absolute Gasteiger partial charge is 0.465 e. The molecule has 5 heteroatoms. The second-order valence-electron chi connectivity index (χ2n) is 6.50. The van der Waals surface area contributed by atoms with Crippen molar-refractivity contribution in [3.8, 4) is 0 Å². The lowest BCUT2D eigenvalue weighted by Gasteiger charge is -2.27. The number of hydrogen-bond donors (Lipinski definition) is 1. The average molecular weight is 334 g/mol. The molecule has 0 aliphatic carbocycles. The Hall–Kier alpha value is -2.14. The zero-order chi connectivity index (χ0) is 18.2. The molecule has 132 valence electrons. The van der Waals surface area contributed by atoms with Crippen LogP contribution in [0.3, 0.4) is 0 Å². The summed E-state index contributed by atoms with van der Waals surface area (Å²) in [4.78, 5) is 24.0. The number of carbonyl (C=O) groups excluding carboxylic acids is 2. The van der Waals surface area contributed by atoms with Crippen LogP contribution in [-0.4, -0.2) is 30.3 Å². The third kappa shape index (κ3) is 6.16. The molecule has 24 heavy (non-hydrogen) atoms. The van der Waals surface area contributed by atoms with E-state index in [9.17, 15) is 14.7 Å². The lowest BCUT2D eigenvalue weighted by Crippen LogP contribution is -2.31. The number of allylic oxidation sites excluding steroid dienone is 1. The molecule has 0 fully saturated rings. The minimum Gasteiger partial charge on any atom is -0.465 e. The van der Waals surface area contributed by atoms with E-state index in [0.29, 0.717) is 6.42 Å². The van der Waals surface area contributed by atoms with Crippen molar-refractivity contribution in [1.82, 2.24) is 0 Å². The number of hydrogen-bond acceptors (Lipinski definition) is 5. The van der Waals surface area contributed by atoms with Crippen LogP contribution in [0.4, 0.5) is 0 Å². The normalized spacial score (nSPS) is 13.7. The third-order valence-electron chi connectivity index (χ3n) is 3.54. The number of benzene rings is 1. The van der Waals surface area contributed by atoms with E-state index in [0.717, 1.165) is 5.56 Å². The van der Waals surface area contributed by atoms with Gasteiger partial charge in [0.25, 0.3) is 0 Å². The van der Waals surface area contributed by atoms with Crippen molar-refractivity contribution >= 4 is 11.9 Å². The summed E-state index contributed by atoms with van der Waals surface area (Å²) in [5, 5.41) is 9.28. The van der Waals surface area contributed by atoms with Gasteiger partial charge in [0.05, 0.1) is 13.2 Å². The molecule has 0 saturated carbocycles. The van der Waals surface area contributed by atoms with Crippen molar-refractivity contribution in [2.45, 2.75) is 33.3 Å². The molecule has 5 nitrogen and oxygen atoms in total. The number of esters is 2. The molecule has 1 aromatic carbocycles. The van der Waals surface area contributed by atoms with Gasteiger partial charge in [0.15, 0.2) is 0 Å². The molecule has 0 radical (unpaired) electrons. The van der Waals surface area contributed by atoms with Gasteiger partial charge in [-0.3, -0.25) is 9.59 Å². The van der Waals surface area contributed by atoms with Crippen LogP contribution >= 0.6 is 0 Å². The second kappa shape index (κ2) is 9.23. The zero-order valence-corrected chi connectivity index (χ0v) is 14.5. The first-order valence-electron chi connectivity index (χ1n) is 7.91. The number of aliphatic hydroxyl groups excluding tert-OH is 1. The summed E-state index contributed by atoms with van der Waals surface area (Å²) in [6.45, 7) is 8.55. The minimum atomic E-state index is -0.744. The summed E-state index contributed by atoms with van der Waals surface area (Å²) in [5.74, 6) is -1.64. The van der Waals surface area contributed by atoms with Crippen LogP contribution in [0, 0.1) is 11.3 Å². The maximum atomic E-state index is 12.5. The monoisotopic (exact) mass is 334 g/mol. The van der Waals surface area contributed by atoms with E-state index in [4.69, 9.17) is 9.47 Å². The molecular weight excluding hydrogens is 308 g/mol. The fourth-order valence-electron chi connectivity index (χ4n) is 2.15. The molecule has 2 unspecified atom stereocenters. The van der Waals surface area contributed by atoms with Crippen LogP contribution < -0.4 is 0 Å². The minimum absolute atomic E-state index is 0.0809. The van der Waals surface area contributed by atoms with E-state index < -0.39 is 29.4 Å². The molecule has 0 bridgehead atoms. The van der Waals surface area contributed by atoms with Crippen LogP contribution in [0.15, 0.2) is 43.0 Å². The predicted molar refractivity (Wildman–Crippen MR) is 91.1 cm³/mol. The van der Waals surface area contributed by atoms with Crippen molar-refractivity contribution in [3.05, 3.63) is 48.6 Å². The standard InChI is InChI=1S/C19H26O5/c1-5-9-16(18(22)23-13-19(3,4)12-20)17(24-14(2)21)15-10-7-6-8-11-15/h5-8,10-11,16-17,20H,1,9,12-13H2,2-4H3. The smallest absolute Gasteiger partial charge is 0.313 e. The van der Waals surface area contributed by atoms with Gasteiger partial charge in [-0.05, 0) is 12.0 Å². The van der Waals surface area contributed by atoms with Crippen LogP contribution in [-0.2, 0) is 19.1 Å². The summed E-state index contributed by atoms with van der Waals surface area (Å²) >= 11 is 0. The lowest BCUT2D eigenvalue weighted by atomic mass is 9.92. The Balaban J connectivity index is 3.01. The summed E-state index contributed by atoms with van der Waals surface area (Å²) in [6, 6.07) is 9.08. The molecule has 1 rings (SSSR count). The number of aliphatic hydroxyl groups is 1. The van der Waals surface area contributed by atoms with E-state index in [1.165, 1.54) is 6.92 Å². The van der Waals surface area contributed by atoms with Gasteiger partial charge >= 0.3 is 11.9 Å². The quantitative estimate of drug-likeness (QED) is 0.555. The van der Waals surface area contributed by atoms with Crippen LogP contribution in [0.5, 0.6) is 0 Å². The Morgan fingerprint density at radius 2 is 1.92 bits per heavy atom. The first kappa shape index (κ1) is 19.9. The van der Waals surface area contributed by atoms with Gasteiger partial charge < -0.3 is 14.6 Å². The fourth-order valence-corrected chi connectivity index (χ4v) is 2.15. The maximum absolute atomic E-state index is 12.5. The topological polar surface area (TPSA) is 72.8 Å². The molecule has 0 saturated heterocycles. The van der Waals surface area contributed by atoms with Crippen molar-refractivity contribution in [1.29, 1.82) is 0 Å². The molecular formula is C19H26O5. The Morgan fingerprint density at radius 3 is 2.42 bits per heavy atom. The van der Waals surface area contributed by atoms with E-state index in [1.807, 2.05) is 18.2 Å². The highest BCUT2D eigenvalue weighted by molar-refractivity contribution is 5.75. The van der Waals surface area contributed by atoms with Crippen LogP contribution in [0.1, 0.15) is 38.9 Å². The van der Waals surface area contributed by atoms with Crippen molar-refractivity contribution in [3.63, 3.8) is 0 Å². The molecule has 0 aliphatic rings. The van der Waals surface area contributed by atoms with Gasteiger partial charge in [0, 0.05) is 12.3 Å². The maximum Gasteiger partial charge on any atom is 0.313 e. The molecule has 1 aromatic rings. The summed E-state index contributed by atoms with van der Waals surface area (Å²) in [7, 11) is 0. The van der Waals surface area contributed by atoms with Gasteiger partial charge in [-0.25, -0.2) is 0 Å².